The van der Waals surface area contributed by atoms with Crippen LogP contribution in [0, 0.1) is 0 Å². The monoisotopic (exact) mass is 488 g/mol. The molecule has 7 heteroatoms. The van der Waals surface area contributed by atoms with Crippen LogP contribution in [0.15, 0.2) is 70.6 Å². The number of carbonyl (C=O) groups is 1. The average Bonchev–Trinajstić information content (AvgIpc) is 3.15. The Kier molecular flexibility index (Phi) is 8.32. The van der Waals surface area contributed by atoms with Crippen molar-refractivity contribution in [3.05, 3.63) is 71.8 Å². The second-order valence-electron chi connectivity index (χ2n) is 7.96. The molecule has 0 fully saturated rings. The molecule has 2 aliphatic heterocycles. The molecule has 0 bridgehead atoms. The Morgan fingerprint density at radius 2 is 1.94 bits per heavy atom. The predicted octanol–water partition coefficient (Wildman–Crippen LogP) is 6.41. The Balaban J connectivity index is 0.00000141. The quantitative estimate of drug-likeness (QED) is 0.406. The number of amides is 1. The number of hydrogen-bond acceptors (Lipinski definition) is 6. The van der Waals surface area contributed by atoms with Crippen LogP contribution in [0.25, 0.3) is 0 Å². The smallest absolute Gasteiger partial charge is 0.251 e. The maximum absolute atomic E-state index is 12.8. The van der Waals surface area contributed by atoms with Gasteiger partial charge >= 0.3 is 0 Å². The second kappa shape index (κ2) is 11.8. The summed E-state index contributed by atoms with van der Waals surface area (Å²) in [7, 11) is 0. The van der Waals surface area contributed by atoms with Crippen molar-refractivity contribution in [2.45, 2.75) is 31.7 Å². The highest BCUT2D eigenvalue weighted by molar-refractivity contribution is 7.98. The number of benzene rings is 3. The molecule has 35 heavy (non-hydrogen) atoms. The molecule has 0 atom stereocenters. The lowest BCUT2D eigenvalue weighted by atomic mass is 10.1. The Labute approximate surface area is 211 Å². The molecule has 0 saturated carbocycles. The van der Waals surface area contributed by atoms with Crippen molar-refractivity contribution >= 4 is 46.6 Å². The molecule has 0 saturated heterocycles. The summed E-state index contributed by atoms with van der Waals surface area (Å²) in [5.41, 5.74) is 5.70. The molecule has 0 spiro atoms. The number of hydrogen-bond donors (Lipinski definition) is 2. The van der Waals surface area contributed by atoms with Crippen molar-refractivity contribution in [3.63, 3.8) is 0 Å². The van der Waals surface area contributed by atoms with Crippen molar-refractivity contribution in [1.82, 2.24) is 5.32 Å². The number of ether oxygens (including phenoxy) is 1. The summed E-state index contributed by atoms with van der Waals surface area (Å²) in [6, 6.07) is 20.2. The Hall–Kier alpha value is -3.45. The molecule has 182 valence electrons. The van der Waals surface area contributed by atoms with Crippen molar-refractivity contribution in [1.29, 1.82) is 0 Å². The highest BCUT2D eigenvalue weighted by atomic mass is 32.2. The molecular weight excluding hydrogens is 456 g/mol. The van der Waals surface area contributed by atoms with Crippen LogP contribution < -0.4 is 20.3 Å². The van der Waals surface area contributed by atoms with Crippen LogP contribution in [-0.4, -0.2) is 38.1 Å². The van der Waals surface area contributed by atoms with E-state index >= 15 is 0 Å². The summed E-state index contributed by atoms with van der Waals surface area (Å²) < 4.78 is 6.03. The normalized spacial score (nSPS) is 13.7. The zero-order chi connectivity index (χ0) is 24.6. The molecule has 2 N–H and O–H groups in total. The van der Waals surface area contributed by atoms with E-state index in [4.69, 9.17) is 4.74 Å². The van der Waals surface area contributed by atoms with Gasteiger partial charge in [0.2, 0.25) is 0 Å². The van der Waals surface area contributed by atoms with Crippen LogP contribution in [0.3, 0.4) is 0 Å². The molecule has 3 aromatic rings. The first-order valence-electron chi connectivity index (χ1n) is 12.1. The van der Waals surface area contributed by atoms with E-state index in [1.54, 1.807) is 11.8 Å². The molecule has 5 rings (SSSR count). The van der Waals surface area contributed by atoms with E-state index in [0.29, 0.717) is 18.7 Å². The fourth-order valence-electron chi connectivity index (χ4n) is 4.06. The third-order valence-electron chi connectivity index (χ3n) is 5.81. The number of carbonyl (C=O) groups excluding carboxylic acids is 1. The van der Waals surface area contributed by atoms with Crippen molar-refractivity contribution in [2.24, 2.45) is 4.99 Å². The zero-order valence-electron chi connectivity index (χ0n) is 20.5. The molecule has 0 unspecified atom stereocenters. The van der Waals surface area contributed by atoms with Gasteiger partial charge < -0.3 is 20.3 Å². The number of rotatable bonds is 5. The first-order valence-corrected chi connectivity index (χ1v) is 13.3. The summed E-state index contributed by atoms with van der Waals surface area (Å²) in [5, 5.41) is 6.39. The lowest BCUT2D eigenvalue weighted by Gasteiger charge is -2.25. The van der Waals surface area contributed by atoms with Gasteiger partial charge in [-0.15, -0.1) is 11.8 Å². The SMILES string of the molecule is CC.CSc1ccc(CNC(=O)c2ccc3c(c2)OCCCN3c2ccc3c(c2)NCC=N3)cc1. The minimum absolute atomic E-state index is 0.109. The zero-order valence-corrected chi connectivity index (χ0v) is 21.3. The van der Waals surface area contributed by atoms with Crippen LogP contribution in [0.5, 0.6) is 5.75 Å². The molecule has 0 radical (unpaired) electrons. The van der Waals surface area contributed by atoms with E-state index in [1.807, 2.05) is 56.5 Å². The minimum Gasteiger partial charge on any atom is -0.491 e. The third-order valence-corrected chi connectivity index (χ3v) is 6.56. The van der Waals surface area contributed by atoms with Gasteiger partial charge in [-0.1, -0.05) is 26.0 Å². The van der Waals surface area contributed by atoms with E-state index in [1.165, 1.54) is 4.90 Å². The van der Waals surface area contributed by atoms with E-state index < -0.39 is 0 Å². The molecule has 0 aromatic heterocycles. The van der Waals surface area contributed by atoms with Gasteiger partial charge in [-0.25, -0.2) is 0 Å². The van der Waals surface area contributed by atoms with E-state index in [2.05, 4.69) is 51.0 Å². The van der Waals surface area contributed by atoms with Crippen molar-refractivity contribution in [3.8, 4) is 5.75 Å². The topological polar surface area (TPSA) is 66.0 Å². The predicted molar refractivity (Wildman–Crippen MR) is 147 cm³/mol. The Morgan fingerprint density at radius 3 is 2.74 bits per heavy atom. The van der Waals surface area contributed by atoms with E-state index in [0.717, 1.165) is 53.6 Å². The largest absolute Gasteiger partial charge is 0.491 e. The molecule has 6 nitrogen and oxygen atoms in total. The van der Waals surface area contributed by atoms with E-state index in [-0.39, 0.29) is 5.91 Å². The van der Waals surface area contributed by atoms with Crippen molar-refractivity contribution in [2.75, 3.05) is 36.2 Å². The molecule has 2 aliphatic rings. The standard InChI is InChI=1S/C26H26N4O2S.C2H6/c1-33-21-7-3-18(4-8-21)17-29-26(31)19-5-10-24-25(15-19)32-14-2-13-30(24)20-6-9-22-23(16-20)28-12-11-27-22;1-2/h3-11,15-16,28H,2,12-14,17H2,1H3,(H,29,31);1-2H3. The van der Waals surface area contributed by atoms with Gasteiger partial charge in [0.05, 0.1) is 30.2 Å². The van der Waals surface area contributed by atoms with Gasteiger partial charge in [-0.3, -0.25) is 9.79 Å². The van der Waals surface area contributed by atoms with Crippen LogP contribution in [0.4, 0.5) is 22.7 Å². The summed E-state index contributed by atoms with van der Waals surface area (Å²) in [5.74, 6) is 0.621. The molecule has 3 aromatic carbocycles. The number of anilines is 3. The summed E-state index contributed by atoms with van der Waals surface area (Å²) >= 11 is 1.70. The van der Waals surface area contributed by atoms with E-state index in [9.17, 15) is 4.79 Å². The van der Waals surface area contributed by atoms with Crippen LogP contribution in [-0.2, 0) is 6.54 Å². The summed E-state index contributed by atoms with van der Waals surface area (Å²) in [6.07, 6.45) is 4.82. The highest BCUT2D eigenvalue weighted by Gasteiger charge is 2.21. The number of fused-ring (bicyclic) bond motifs is 2. The number of aliphatic imine (C=N–C) groups is 1. The fourth-order valence-corrected chi connectivity index (χ4v) is 4.47. The minimum atomic E-state index is -0.109. The Morgan fingerprint density at radius 1 is 1.11 bits per heavy atom. The lowest BCUT2D eigenvalue weighted by Crippen LogP contribution is -2.23. The maximum atomic E-state index is 12.8. The van der Waals surface area contributed by atoms with Gasteiger partial charge in [0.25, 0.3) is 5.91 Å². The first kappa shape index (κ1) is 24.7. The highest BCUT2D eigenvalue weighted by Crippen LogP contribution is 2.39. The van der Waals surface area contributed by atoms with Crippen LogP contribution in [0.1, 0.15) is 36.2 Å². The summed E-state index contributed by atoms with van der Waals surface area (Å²) in [6.45, 7) is 6.68. The van der Waals surface area contributed by atoms with Crippen LogP contribution in [0.2, 0.25) is 0 Å². The van der Waals surface area contributed by atoms with Gasteiger partial charge in [0.1, 0.15) is 5.75 Å². The van der Waals surface area contributed by atoms with Crippen LogP contribution >= 0.6 is 11.8 Å². The maximum Gasteiger partial charge on any atom is 0.251 e. The van der Waals surface area contributed by atoms with Gasteiger partial charge in [0.15, 0.2) is 0 Å². The molecule has 2 heterocycles. The van der Waals surface area contributed by atoms with Gasteiger partial charge in [-0.2, -0.15) is 0 Å². The lowest BCUT2D eigenvalue weighted by molar-refractivity contribution is 0.0950. The molecule has 1 amide bonds. The number of nitrogens with one attached hydrogen (secondary N) is 2. The van der Waals surface area contributed by atoms with Crippen molar-refractivity contribution < 1.29 is 9.53 Å². The van der Waals surface area contributed by atoms with Gasteiger partial charge in [-0.05, 0) is 66.8 Å². The fraction of sp³-hybridized carbons (Fsp3) is 0.286. The molecule has 0 aliphatic carbocycles. The first-order chi connectivity index (χ1) is 17.2. The Bertz CT molecular complexity index is 1190. The number of nitrogens with zero attached hydrogens (tertiary/aromatic N) is 2. The summed E-state index contributed by atoms with van der Waals surface area (Å²) in [4.78, 5) is 20.7. The number of thioether (sulfide) groups is 1. The molecular formula is C28H32N4O2S. The third kappa shape index (κ3) is 5.80. The average molecular weight is 489 g/mol. The van der Waals surface area contributed by atoms with Gasteiger partial charge in [0, 0.05) is 35.5 Å². The second-order valence-corrected chi connectivity index (χ2v) is 8.84.